The van der Waals surface area contributed by atoms with Crippen LogP contribution in [-0.2, 0) is 0 Å². The molecule has 0 amide bonds. The molecule has 0 spiro atoms. The maximum atomic E-state index is 13.5. The molecule has 0 saturated carbocycles. The minimum Gasteiger partial charge on any atom is -0.305 e. The molecule has 1 unspecified atom stereocenters. The number of carbonyl (C=O) groups is 1. The molecule has 1 aliphatic heterocycles. The molecular formula is C16H23FN2O. The Kier molecular flexibility index (Phi) is 5.26. The maximum Gasteiger partial charge on any atom is 0.167 e. The van der Waals surface area contributed by atoms with Gasteiger partial charge in [-0.05, 0) is 45.6 Å². The van der Waals surface area contributed by atoms with Gasteiger partial charge in [-0.3, -0.25) is 4.79 Å². The van der Waals surface area contributed by atoms with E-state index in [1.807, 2.05) is 0 Å². The van der Waals surface area contributed by atoms with Gasteiger partial charge in [-0.1, -0.05) is 12.1 Å². The van der Waals surface area contributed by atoms with Crippen molar-refractivity contribution >= 4 is 5.78 Å². The summed E-state index contributed by atoms with van der Waals surface area (Å²) in [5, 5.41) is 0. The Morgan fingerprint density at radius 2 is 2.15 bits per heavy atom. The average Bonchev–Trinajstić information content (AvgIpc) is 2.45. The third-order valence-corrected chi connectivity index (χ3v) is 4.04. The monoisotopic (exact) mass is 278 g/mol. The number of benzene rings is 1. The van der Waals surface area contributed by atoms with Crippen molar-refractivity contribution in [3.05, 3.63) is 35.6 Å². The molecule has 1 aromatic rings. The Balaban J connectivity index is 1.86. The lowest BCUT2D eigenvalue weighted by Crippen LogP contribution is -2.45. The first-order valence-electron chi connectivity index (χ1n) is 7.24. The predicted octanol–water partition coefficient (Wildman–Crippen LogP) is 2.42. The van der Waals surface area contributed by atoms with Gasteiger partial charge in [-0.25, -0.2) is 4.39 Å². The first kappa shape index (κ1) is 15.1. The predicted molar refractivity (Wildman–Crippen MR) is 78.5 cm³/mol. The van der Waals surface area contributed by atoms with Crippen LogP contribution < -0.4 is 0 Å². The van der Waals surface area contributed by atoms with E-state index in [1.165, 1.54) is 12.5 Å². The highest BCUT2D eigenvalue weighted by molar-refractivity contribution is 5.96. The lowest BCUT2D eigenvalue weighted by atomic mass is 10.0. The summed E-state index contributed by atoms with van der Waals surface area (Å²) >= 11 is 0. The van der Waals surface area contributed by atoms with Crippen LogP contribution in [-0.4, -0.2) is 55.4 Å². The van der Waals surface area contributed by atoms with Crippen molar-refractivity contribution in [2.24, 2.45) is 0 Å². The molecule has 0 radical (unpaired) electrons. The normalized spacial score (nSPS) is 20.3. The summed E-state index contributed by atoms with van der Waals surface area (Å²) in [5.41, 5.74) is 0.216. The van der Waals surface area contributed by atoms with E-state index >= 15 is 0 Å². The highest BCUT2D eigenvalue weighted by atomic mass is 19.1. The lowest BCUT2D eigenvalue weighted by Gasteiger charge is -2.36. The number of rotatable bonds is 5. The van der Waals surface area contributed by atoms with E-state index in [0.717, 1.165) is 26.1 Å². The fraction of sp³-hybridized carbons (Fsp3) is 0.562. The number of piperidine rings is 1. The van der Waals surface area contributed by atoms with Crippen LogP contribution in [0.15, 0.2) is 24.3 Å². The zero-order chi connectivity index (χ0) is 14.5. The minimum atomic E-state index is -0.415. The van der Waals surface area contributed by atoms with Crippen molar-refractivity contribution < 1.29 is 9.18 Å². The molecule has 2 rings (SSSR count). The van der Waals surface area contributed by atoms with Crippen LogP contribution in [0.5, 0.6) is 0 Å². The van der Waals surface area contributed by atoms with Gasteiger partial charge in [0.05, 0.1) is 5.56 Å². The third-order valence-electron chi connectivity index (χ3n) is 4.04. The summed E-state index contributed by atoms with van der Waals surface area (Å²) in [6.45, 7) is 2.75. The molecule has 3 nitrogen and oxygen atoms in total. The van der Waals surface area contributed by atoms with Crippen molar-refractivity contribution in [3.8, 4) is 0 Å². The number of ketones is 1. The van der Waals surface area contributed by atoms with Crippen LogP contribution in [0.4, 0.5) is 4.39 Å². The zero-order valence-electron chi connectivity index (χ0n) is 12.3. The van der Waals surface area contributed by atoms with Gasteiger partial charge in [0.15, 0.2) is 5.78 Å². The van der Waals surface area contributed by atoms with E-state index in [0.29, 0.717) is 12.5 Å². The second kappa shape index (κ2) is 6.95. The van der Waals surface area contributed by atoms with Gasteiger partial charge in [-0.15, -0.1) is 0 Å². The number of halogens is 1. The number of hydrogen-bond acceptors (Lipinski definition) is 3. The van der Waals surface area contributed by atoms with Crippen molar-refractivity contribution in [1.29, 1.82) is 0 Å². The summed E-state index contributed by atoms with van der Waals surface area (Å²) in [4.78, 5) is 16.6. The van der Waals surface area contributed by atoms with Crippen molar-refractivity contribution in [2.45, 2.75) is 25.3 Å². The summed E-state index contributed by atoms with van der Waals surface area (Å²) in [6.07, 6.45) is 2.77. The number of nitrogens with zero attached hydrogens (tertiary/aromatic N) is 2. The molecule has 4 heteroatoms. The van der Waals surface area contributed by atoms with Gasteiger partial charge in [-0.2, -0.15) is 0 Å². The van der Waals surface area contributed by atoms with Crippen molar-refractivity contribution in [3.63, 3.8) is 0 Å². The molecule has 0 aliphatic carbocycles. The number of likely N-dealkylation sites (tertiary alicyclic amines) is 1. The second-order valence-electron chi connectivity index (χ2n) is 5.71. The summed E-state index contributed by atoms with van der Waals surface area (Å²) in [5.74, 6) is -0.516. The second-order valence-corrected chi connectivity index (χ2v) is 5.71. The first-order chi connectivity index (χ1) is 9.58. The SMILES string of the molecule is CN(C)C1CCCN(CCC(=O)c2ccccc2F)C1. The molecular weight excluding hydrogens is 255 g/mol. The summed E-state index contributed by atoms with van der Waals surface area (Å²) < 4.78 is 13.5. The molecule has 1 aliphatic rings. The van der Waals surface area contributed by atoms with Crippen LogP contribution in [0.3, 0.4) is 0 Å². The maximum absolute atomic E-state index is 13.5. The molecule has 1 atom stereocenters. The Bertz CT molecular complexity index is 462. The summed E-state index contributed by atoms with van der Waals surface area (Å²) in [6, 6.07) is 6.79. The average molecular weight is 278 g/mol. The van der Waals surface area contributed by atoms with E-state index in [-0.39, 0.29) is 11.3 Å². The fourth-order valence-corrected chi connectivity index (χ4v) is 2.74. The van der Waals surface area contributed by atoms with Crippen molar-refractivity contribution in [1.82, 2.24) is 9.80 Å². The van der Waals surface area contributed by atoms with Gasteiger partial charge in [0.1, 0.15) is 5.82 Å². The molecule has 1 fully saturated rings. The van der Waals surface area contributed by atoms with Gasteiger partial charge >= 0.3 is 0 Å². The van der Waals surface area contributed by atoms with E-state index in [4.69, 9.17) is 0 Å². The molecule has 20 heavy (non-hydrogen) atoms. The topological polar surface area (TPSA) is 23.6 Å². The highest BCUT2D eigenvalue weighted by Gasteiger charge is 2.22. The molecule has 1 aromatic carbocycles. The van der Waals surface area contributed by atoms with Crippen LogP contribution >= 0.6 is 0 Å². The van der Waals surface area contributed by atoms with Crippen LogP contribution in [0.2, 0.25) is 0 Å². The van der Waals surface area contributed by atoms with Gasteiger partial charge < -0.3 is 9.80 Å². The largest absolute Gasteiger partial charge is 0.305 e. The van der Waals surface area contributed by atoms with E-state index in [2.05, 4.69) is 23.9 Å². The zero-order valence-corrected chi connectivity index (χ0v) is 12.3. The van der Waals surface area contributed by atoms with Gasteiger partial charge in [0, 0.05) is 25.6 Å². The number of Topliss-reactive ketones (excluding diaryl/α,β-unsaturated/α-hetero) is 1. The molecule has 0 N–H and O–H groups in total. The standard InChI is InChI=1S/C16H23FN2O/c1-18(2)13-6-5-10-19(12-13)11-9-16(20)14-7-3-4-8-15(14)17/h3-4,7-8,13H,5-6,9-12H2,1-2H3. The number of hydrogen-bond donors (Lipinski definition) is 0. The quantitative estimate of drug-likeness (QED) is 0.773. The smallest absolute Gasteiger partial charge is 0.167 e. The summed E-state index contributed by atoms with van der Waals surface area (Å²) in [7, 11) is 4.19. The molecule has 0 bridgehead atoms. The van der Waals surface area contributed by atoms with Crippen LogP contribution in [0, 0.1) is 5.82 Å². The minimum absolute atomic E-state index is 0.102. The molecule has 1 heterocycles. The Hall–Kier alpha value is -1.26. The Morgan fingerprint density at radius 3 is 2.85 bits per heavy atom. The van der Waals surface area contributed by atoms with E-state index in [1.54, 1.807) is 18.2 Å². The van der Waals surface area contributed by atoms with Gasteiger partial charge in [0.25, 0.3) is 0 Å². The van der Waals surface area contributed by atoms with Crippen molar-refractivity contribution in [2.75, 3.05) is 33.7 Å². The third kappa shape index (κ3) is 3.87. The highest BCUT2D eigenvalue weighted by Crippen LogP contribution is 2.15. The van der Waals surface area contributed by atoms with E-state index in [9.17, 15) is 9.18 Å². The Morgan fingerprint density at radius 1 is 1.40 bits per heavy atom. The van der Waals surface area contributed by atoms with E-state index < -0.39 is 5.82 Å². The molecule has 0 aromatic heterocycles. The van der Waals surface area contributed by atoms with Crippen LogP contribution in [0.25, 0.3) is 0 Å². The van der Waals surface area contributed by atoms with Gasteiger partial charge in [0.2, 0.25) is 0 Å². The molecule has 1 saturated heterocycles. The first-order valence-corrected chi connectivity index (χ1v) is 7.24. The number of likely N-dealkylation sites (N-methyl/N-ethyl adjacent to an activating group) is 1. The fourth-order valence-electron chi connectivity index (χ4n) is 2.74. The number of carbonyl (C=O) groups excluding carboxylic acids is 1. The molecule has 110 valence electrons. The lowest BCUT2D eigenvalue weighted by molar-refractivity contribution is 0.0924. The Labute approximate surface area is 120 Å². The van der Waals surface area contributed by atoms with Crippen LogP contribution in [0.1, 0.15) is 29.6 Å².